The fraction of sp³-hybridized carbons (Fsp3) is 0. The number of pyridine rings is 1. The Morgan fingerprint density at radius 2 is 1.46 bits per heavy atom. The van der Waals surface area contributed by atoms with Crippen molar-refractivity contribution in [3.63, 3.8) is 0 Å². The van der Waals surface area contributed by atoms with Gasteiger partial charge in [0.1, 0.15) is 0 Å². The summed E-state index contributed by atoms with van der Waals surface area (Å²) in [5.74, 6) is 1.34. The molecule has 0 atom stereocenters. The lowest BCUT2D eigenvalue weighted by atomic mass is 10.0. The quantitative estimate of drug-likeness (QED) is 0.416. The third-order valence-corrected chi connectivity index (χ3v) is 4.88. The highest BCUT2D eigenvalue weighted by Crippen LogP contribution is 2.31. The molecular formula is C23H15ClN4. The van der Waals surface area contributed by atoms with Gasteiger partial charge in [0, 0.05) is 27.1 Å². The lowest BCUT2D eigenvalue weighted by Crippen LogP contribution is -1.91. The minimum absolute atomic E-state index is 0.633. The molecule has 0 aliphatic rings. The van der Waals surface area contributed by atoms with Gasteiger partial charge in [-0.1, -0.05) is 60.1 Å². The number of aromatic amines is 1. The maximum atomic E-state index is 5.99. The molecule has 0 aliphatic carbocycles. The summed E-state index contributed by atoms with van der Waals surface area (Å²) in [6, 6.07) is 27.8. The molecule has 0 fully saturated rings. The van der Waals surface area contributed by atoms with Gasteiger partial charge in [-0.15, -0.1) is 0 Å². The van der Waals surface area contributed by atoms with Crippen molar-refractivity contribution in [3.05, 3.63) is 90.0 Å². The summed E-state index contributed by atoms with van der Waals surface area (Å²) in [5, 5.41) is 9.20. The molecule has 28 heavy (non-hydrogen) atoms. The molecule has 134 valence electrons. The smallest absolute Gasteiger partial charge is 0.181 e. The molecule has 0 spiro atoms. The van der Waals surface area contributed by atoms with Gasteiger partial charge in [0.05, 0.1) is 11.2 Å². The first-order chi connectivity index (χ1) is 13.8. The summed E-state index contributed by atoms with van der Waals surface area (Å²) in [6.07, 6.45) is 0. The van der Waals surface area contributed by atoms with Crippen LogP contribution in [-0.2, 0) is 0 Å². The molecule has 5 aromatic rings. The highest BCUT2D eigenvalue weighted by molar-refractivity contribution is 6.30. The van der Waals surface area contributed by atoms with E-state index >= 15 is 0 Å². The zero-order valence-corrected chi connectivity index (χ0v) is 15.6. The molecule has 0 aliphatic heterocycles. The van der Waals surface area contributed by atoms with Crippen molar-refractivity contribution in [1.82, 2.24) is 20.2 Å². The summed E-state index contributed by atoms with van der Waals surface area (Å²) < 4.78 is 0. The van der Waals surface area contributed by atoms with Crippen molar-refractivity contribution in [3.8, 4) is 34.0 Å². The van der Waals surface area contributed by atoms with Gasteiger partial charge < -0.3 is 0 Å². The van der Waals surface area contributed by atoms with Crippen LogP contribution in [0.1, 0.15) is 0 Å². The van der Waals surface area contributed by atoms with E-state index in [1.165, 1.54) is 0 Å². The molecule has 0 saturated carbocycles. The Bertz CT molecular complexity index is 1260. The highest BCUT2D eigenvalue weighted by Gasteiger charge is 2.13. The first-order valence-corrected chi connectivity index (χ1v) is 9.30. The summed E-state index contributed by atoms with van der Waals surface area (Å²) in [5.41, 5.74) is 4.76. The number of aromatic nitrogens is 4. The van der Waals surface area contributed by atoms with Gasteiger partial charge in [-0.25, -0.2) is 9.97 Å². The maximum Gasteiger partial charge on any atom is 0.181 e. The van der Waals surface area contributed by atoms with Gasteiger partial charge in [0.25, 0.3) is 0 Å². The number of halogens is 1. The fourth-order valence-corrected chi connectivity index (χ4v) is 3.36. The number of benzene rings is 3. The van der Waals surface area contributed by atoms with E-state index in [0.29, 0.717) is 16.7 Å². The Morgan fingerprint density at radius 3 is 2.29 bits per heavy atom. The summed E-state index contributed by atoms with van der Waals surface area (Å²) in [4.78, 5) is 9.56. The van der Waals surface area contributed by atoms with Gasteiger partial charge in [0.2, 0.25) is 0 Å². The first-order valence-electron chi connectivity index (χ1n) is 8.92. The van der Waals surface area contributed by atoms with Crippen molar-refractivity contribution in [2.24, 2.45) is 0 Å². The number of rotatable bonds is 3. The van der Waals surface area contributed by atoms with Gasteiger partial charge in [0.15, 0.2) is 11.6 Å². The van der Waals surface area contributed by atoms with Crippen molar-refractivity contribution < 1.29 is 0 Å². The second-order valence-corrected chi connectivity index (χ2v) is 6.89. The normalized spacial score (nSPS) is 11.0. The minimum atomic E-state index is 0.633. The molecule has 2 aromatic heterocycles. The third kappa shape index (κ3) is 3.04. The van der Waals surface area contributed by atoms with E-state index < -0.39 is 0 Å². The van der Waals surface area contributed by atoms with Crippen LogP contribution in [0.3, 0.4) is 0 Å². The van der Waals surface area contributed by atoms with Crippen molar-refractivity contribution in [2.45, 2.75) is 0 Å². The molecule has 2 heterocycles. The summed E-state index contributed by atoms with van der Waals surface area (Å²) in [7, 11) is 0. The van der Waals surface area contributed by atoms with Crippen LogP contribution in [0.25, 0.3) is 44.9 Å². The average Bonchev–Trinajstić information content (AvgIpc) is 3.24. The zero-order valence-electron chi connectivity index (χ0n) is 14.8. The van der Waals surface area contributed by atoms with Crippen LogP contribution in [0.15, 0.2) is 84.9 Å². The van der Waals surface area contributed by atoms with E-state index in [1.54, 1.807) is 0 Å². The molecule has 1 N–H and O–H groups in total. The predicted octanol–water partition coefficient (Wildman–Crippen LogP) is 6.01. The Kier molecular flexibility index (Phi) is 4.11. The van der Waals surface area contributed by atoms with E-state index in [4.69, 9.17) is 21.6 Å². The number of H-pyrrole nitrogens is 1. The molecule has 0 saturated heterocycles. The number of hydrogen-bond donors (Lipinski definition) is 1. The average molecular weight is 383 g/mol. The van der Waals surface area contributed by atoms with Crippen LogP contribution in [0.5, 0.6) is 0 Å². The largest absolute Gasteiger partial charge is 0.259 e. The van der Waals surface area contributed by atoms with Crippen LogP contribution >= 0.6 is 11.6 Å². The van der Waals surface area contributed by atoms with Crippen molar-refractivity contribution >= 4 is 22.5 Å². The monoisotopic (exact) mass is 382 g/mol. The molecule has 0 radical (unpaired) electrons. The van der Waals surface area contributed by atoms with E-state index in [9.17, 15) is 0 Å². The van der Waals surface area contributed by atoms with Crippen LogP contribution in [0.2, 0.25) is 5.02 Å². The molecule has 4 nitrogen and oxygen atoms in total. The zero-order chi connectivity index (χ0) is 18.9. The Balaban J connectivity index is 1.67. The maximum absolute atomic E-state index is 5.99. The Hall–Kier alpha value is -3.50. The fourth-order valence-electron chi connectivity index (χ4n) is 3.24. The Morgan fingerprint density at radius 1 is 0.714 bits per heavy atom. The van der Waals surface area contributed by atoms with E-state index in [2.05, 4.69) is 34.5 Å². The first kappa shape index (κ1) is 16.7. The molecule has 0 unspecified atom stereocenters. The standard InChI is InChI=1S/C23H15ClN4/c24-17-12-10-16(11-13-17)22-26-23(28-27-22)19-14-21(15-6-2-1-3-7-15)25-20-9-5-4-8-18(19)20/h1-14H,(H,26,27,28). The number of nitrogens with zero attached hydrogens (tertiary/aromatic N) is 3. The van der Waals surface area contributed by atoms with Crippen LogP contribution < -0.4 is 0 Å². The summed E-state index contributed by atoms with van der Waals surface area (Å²) in [6.45, 7) is 0. The van der Waals surface area contributed by atoms with E-state index in [0.717, 1.165) is 33.3 Å². The molecule has 3 aromatic carbocycles. The summed E-state index contributed by atoms with van der Waals surface area (Å²) >= 11 is 5.99. The molecule has 0 bridgehead atoms. The predicted molar refractivity (Wildman–Crippen MR) is 113 cm³/mol. The van der Waals surface area contributed by atoms with Crippen molar-refractivity contribution in [2.75, 3.05) is 0 Å². The van der Waals surface area contributed by atoms with Gasteiger partial charge in [-0.3, -0.25) is 5.10 Å². The van der Waals surface area contributed by atoms with E-state index in [-0.39, 0.29) is 0 Å². The molecule has 0 amide bonds. The Labute approximate surface area is 166 Å². The van der Waals surface area contributed by atoms with Gasteiger partial charge in [-0.2, -0.15) is 5.10 Å². The highest BCUT2D eigenvalue weighted by atomic mass is 35.5. The van der Waals surface area contributed by atoms with Gasteiger partial charge in [-0.05, 0) is 36.4 Å². The van der Waals surface area contributed by atoms with Crippen LogP contribution in [0.4, 0.5) is 0 Å². The second kappa shape index (κ2) is 6.91. The van der Waals surface area contributed by atoms with Crippen LogP contribution in [0, 0.1) is 0 Å². The minimum Gasteiger partial charge on any atom is -0.259 e. The van der Waals surface area contributed by atoms with E-state index in [1.807, 2.05) is 60.7 Å². The molecule has 5 rings (SSSR count). The number of para-hydroxylation sites is 1. The number of nitrogens with one attached hydrogen (secondary N) is 1. The second-order valence-electron chi connectivity index (χ2n) is 6.45. The molecular weight excluding hydrogens is 368 g/mol. The SMILES string of the molecule is Clc1ccc(-c2n[nH]c(-c3cc(-c4ccccc4)nc4ccccc34)n2)cc1. The topological polar surface area (TPSA) is 54.5 Å². The van der Waals surface area contributed by atoms with Gasteiger partial charge >= 0.3 is 0 Å². The third-order valence-electron chi connectivity index (χ3n) is 4.63. The lowest BCUT2D eigenvalue weighted by molar-refractivity contribution is 1.10. The number of fused-ring (bicyclic) bond motifs is 1. The number of hydrogen-bond acceptors (Lipinski definition) is 3. The van der Waals surface area contributed by atoms with Crippen molar-refractivity contribution in [1.29, 1.82) is 0 Å². The molecule has 5 heteroatoms. The lowest BCUT2D eigenvalue weighted by Gasteiger charge is -2.08. The van der Waals surface area contributed by atoms with Crippen LogP contribution in [-0.4, -0.2) is 20.2 Å².